The standard InChI is InChI=1S/C24H24ClNO2/c1-3-22(19-11-9-17(2)10-12-19)26-24(27)16-28-23-14-13-20(15-21(23)25)18-7-5-4-6-8-18/h4-15,22H,3,16H2,1-2H3,(H,26,27)/t22-/m0/s1. The van der Waals surface area contributed by atoms with Crippen molar-refractivity contribution < 1.29 is 9.53 Å². The van der Waals surface area contributed by atoms with Crippen LogP contribution in [0.25, 0.3) is 11.1 Å². The van der Waals surface area contributed by atoms with Crippen molar-refractivity contribution >= 4 is 17.5 Å². The van der Waals surface area contributed by atoms with Crippen molar-refractivity contribution in [3.8, 4) is 16.9 Å². The number of benzene rings is 3. The van der Waals surface area contributed by atoms with Crippen LogP contribution in [-0.4, -0.2) is 12.5 Å². The maximum absolute atomic E-state index is 12.3. The molecule has 3 aromatic carbocycles. The van der Waals surface area contributed by atoms with E-state index in [1.807, 2.05) is 68.4 Å². The van der Waals surface area contributed by atoms with Gasteiger partial charge in [0.15, 0.2) is 6.61 Å². The lowest BCUT2D eigenvalue weighted by Crippen LogP contribution is -2.32. The van der Waals surface area contributed by atoms with Crippen LogP contribution in [0.1, 0.15) is 30.5 Å². The Balaban J connectivity index is 1.60. The number of carbonyl (C=O) groups is 1. The monoisotopic (exact) mass is 393 g/mol. The van der Waals surface area contributed by atoms with Gasteiger partial charge in [-0.15, -0.1) is 0 Å². The third kappa shape index (κ3) is 5.14. The number of hydrogen-bond donors (Lipinski definition) is 1. The van der Waals surface area contributed by atoms with E-state index in [0.29, 0.717) is 10.8 Å². The minimum Gasteiger partial charge on any atom is -0.482 e. The summed E-state index contributed by atoms with van der Waals surface area (Å²) >= 11 is 6.35. The van der Waals surface area contributed by atoms with E-state index < -0.39 is 0 Å². The Morgan fingerprint density at radius 1 is 1.00 bits per heavy atom. The Hall–Kier alpha value is -2.78. The smallest absolute Gasteiger partial charge is 0.258 e. The number of nitrogens with one attached hydrogen (secondary N) is 1. The van der Waals surface area contributed by atoms with Gasteiger partial charge in [-0.3, -0.25) is 4.79 Å². The lowest BCUT2D eigenvalue weighted by atomic mass is 10.0. The van der Waals surface area contributed by atoms with Crippen molar-refractivity contribution in [3.63, 3.8) is 0 Å². The number of aryl methyl sites for hydroxylation is 1. The van der Waals surface area contributed by atoms with E-state index in [1.165, 1.54) is 5.56 Å². The third-order valence-electron chi connectivity index (χ3n) is 4.62. The summed E-state index contributed by atoms with van der Waals surface area (Å²) in [6, 6.07) is 23.7. The maximum atomic E-state index is 12.3. The van der Waals surface area contributed by atoms with Gasteiger partial charge in [0.25, 0.3) is 5.91 Å². The highest BCUT2D eigenvalue weighted by Gasteiger charge is 2.14. The normalized spacial score (nSPS) is 11.7. The number of rotatable bonds is 7. The first kappa shape index (κ1) is 20.0. The predicted molar refractivity (Wildman–Crippen MR) is 115 cm³/mol. The Morgan fingerprint density at radius 2 is 1.71 bits per heavy atom. The molecule has 4 heteroatoms. The summed E-state index contributed by atoms with van der Waals surface area (Å²) < 4.78 is 5.65. The minimum atomic E-state index is -0.171. The van der Waals surface area contributed by atoms with E-state index in [2.05, 4.69) is 17.4 Å². The predicted octanol–water partition coefficient (Wildman–Crippen LogP) is 5.96. The molecule has 0 saturated carbocycles. The van der Waals surface area contributed by atoms with Crippen LogP contribution in [0, 0.1) is 6.92 Å². The van der Waals surface area contributed by atoms with Gasteiger partial charge in [0.1, 0.15) is 5.75 Å². The van der Waals surface area contributed by atoms with E-state index in [1.54, 1.807) is 6.07 Å². The summed E-state index contributed by atoms with van der Waals surface area (Å²) in [6.45, 7) is 4.02. The van der Waals surface area contributed by atoms with E-state index in [0.717, 1.165) is 23.1 Å². The molecular formula is C24H24ClNO2. The molecule has 0 bridgehead atoms. The van der Waals surface area contributed by atoms with Crippen LogP contribution in [-0.2, 0) is 4.79 Å². The molecule has 1 N–H and O–H groups in total. The lowest BCUT2D eigenvalue weighted by Gasteiger charge is -2.18. The molecule has 3 rings (SSSR count). The summed E-state index contributed by atoms with van der Waals surface area (Å²) in [5, 5.41) is 3.51. The van der Waals surface area contributed by atoms with Crippen LogP contribution in [0.15, 0.2) is 72.8 Å². The zero-order valence-electron chi connectivity index (χ0n) is 16.1. The van der Waals surface area contributed by atoms with Gasteiger partial charge in [0.05, 0.1) is 11.1 Å². The molecule has 144 valence electrons. The van der Waals surface area contributed by atoms with Crippen molar-refractivity contribution in [1.82, 2.24) is 5.32 Å². The minimum absolute atomic E-state index is 0.0346. The first-order valence-electron chi connectivity index (χ1n) is 9.40. The Bertz CT molecular complexity index is 923. The van der Waals surface area contributed by atoms with Crippen molar-refractivity contribution in [2.45, 2.75) is 26.3 Å². The first-order valence-corrected chi connectivity index (χ1v) is 9.78. The lowest BCUT2D eigenvalue weighted by molar-refractivity contribution is -0.123. The second kappa shape index (κ2) is 9.43. The fraction of sp³-hybridized carbons (Fsp3) is 0.208. The largest absolute Gasteiger partial charge is 0.482 e. The second-order valence-corrected chi connectivity index (χ2v) is 7.15. The Labute approximate surface area is 171 Å². The van der Waals surface area contributed by atoms with Crippen LogP contribution >= 0.6 is 11.6 Å². The number of ether oxygens (including phenoxy) is 1. The van der Waals surface area contributed by atoms with Gasteiger partial charge in [-0.05, 0) is 42.2 Å². The summed E-state index contributed by atoms with van der Waals surface area (Å²) in [4.78, 5) is 12.3. The fourth-order valence-corrected chi connectivity index (χ4v) is 3.26. The highest BCUT2D eigenvalue weighted by atomic mass is 35.5. The number of halogens is 1. The number of amides is 1. The number of hydrogen-bond acceptors (Lipinski definition) is 2. The van der Waals surface area contributed by atoms with Crippen molar-refractivity contribution in [3.05, 3.63) is 88.9 Å². The quantitative estimate of drug-likeness (QED) is 0.537. The molecule has 0 spiro atoms. The Kier molecular flexibility index (Phi) is 6.72. The molecule has 3 nitrogen and oxygen atoms in total. The molecule has 1 atom stereocenters. The van der Waals surface area contributed by atoms with Crippen LogP contribution in [0.3, 0.4) is 0 Å². The zero-order chi connectivity index (χ0) is 19.9. The van der Waals surface area contributed by atoms with Crippen molar-refractivity contribution in [2.75, 3.05) is 6.61 Å². The molecule has 28 heavy (non-hydrogen) atoms. The van der Waals surface area contributed by atoms with Gasteiger partial charge in [-0.25, -0.2) is 0 Å². The maximum Gasteiger partial charge on any atom is 0.258 e. The highest BCUT2D eigenvalue weighted by molar-refractivity contribution is 6.32. The van der Waals surface area contributed by atoms with Crippen LogP contribution in [0.2, 0.25) is 5.02 Å². The first-order chi connectivity index (χ1) is 13.6. The summed E-state index contributed by atoms with van der Waals surface area (Å²) in [5.41, 5.74) is 4.37. The third-order valence-corrected chi connectivity index (χ3v) is 4.92. The second-order valence-electron chi connectivity index (χ2n) is 6.74. The molecule has 1 amide bonds. The van der Waals surface area contributed by atoms with E-state index in [4.69, 9.17) is 16.3 Å². The molecule has 0 aliphatic carbocycles. The van der Waals surface area contributed by atoms with Gasteiger partial charge in [-0.2, -0.15) is 0 Å². The van der Waals surface area contributed by atoms with Gasteiger partial charge in [0, 0.05) is 0 Å². The fourth-order valence-electron chi connectivity index (χ4n) is 3.03. The summed E-state index contributed by atoms with van der Waals surface area (Å²) in [6.07, 6.45) is 0.807. The molecular weight excluding hydrogens is 370 g/mol. The van der Waals surface area contributed by atoms with Gasteiger partial charge in [0.2, 0.25) is 0 Å². The van der Waals surface area contributed by atoms with E-state index in [-0.39, 0.29) is 18.6 Å². The molecule has 0 radical (unpaired) electrons. The van der Waals surface area contributed by atoms with Gasteiger partial charge < -0.3 is 10.1 Å². The SMILES string of the molecule is CC[C@H](NC(=O)COc1ccc(-c2ccccc2)cc1Cl)c1ccc(C)cc1. The van der Waals surface area contributed by atoms with E-state index in [9.17, 15) is 4.79 Å². The molecule has 0 unspecified atom stereocenters. The van der Waals surface area contributed by atoms with Crippen LogP contribution < -0.4 is 10.1 Å². The van der Waals surface area contributed by atoms with Crippen LogP contribution in [0.4, 0.5) is 0 Å². The topological polar surface area (TPSA) is 38.3 Å². The van der Waals surface area contributed by atoms with Crippen molar-refractivity contribution in [1.29, 1.82) is 0 Å². The molecule has 0 aliphatic heterocycles. The molecule has 3 aromatic rings. The molecule has 0 saturated heterocycles. The van der Waals surface area contributed by atoms with Crippen LogP contribution in [0.5, 0.6) is 5.75 Å². The number of carbonyl (C=O) groups excluding carboxylic acids is 1. The van der Waals surface area contributed by atoms with Gasteiger partial charge in [-0.1, -0.05) is 84.8 Å². The zero-order valence-corrected chi connectivity index (χ0v) is 16.9. The average molecular weight is 394 g/mol. The average Bonchev–Trinajstić information content (AvgIpc) is 2.72. The van der Waals surface area contributed by atoms with Crippen molar-refractivity contribution in [2.24, 2.45) is 0 Å². The molecule has 0 aromatic heterocycles. The molecule has 0 fully saturated rings. The Morgan fingerprint density at radius 3 is 2.36 bits per heavy atom. The molecule has 0 aliphatic rings. The summed E-state index contributed by atoms with van der Waals surface area (Å²) in [7, 11) is 0. The molecule has 0 heterocycles. The van der Waals surface area contributed by atoms with E-state index >= 15 is 0 Å². The van der Waals surface area contributed by atoms with Gasteiger partial charge >= 0.3 is 0 Å². The highest BCUT2D eigenvalue weighted by Crippen LogP contribution is 2.30. The summed E-state index contributed by atoms with van der Waals surface area (Å²) in [5.74, 6) is 0.329.